The Kier molecular flexibility index (Phi) is 6.24. The molecule has 0 aliphatic rings. The van der Waals surface area contributed by atoms with Gasteiger partial charge in [0.2, 0.25) is 0 Å². The number of hydrogen-bond donors (Lipinski definition) is 1. The number of halogens is 4. The molecule has 2 aromatic carbocycles. The standard InChI is InChI=1S/C23H18ClF3N4O3S/c1-14-19(22(30(2)28-14)31-11-10-15-12-17(24)6-8-20(15)31)7-9-21(32)29-35(33,34)18-5-3-4-16(13-18)23(25,26)27/h3-13H,1-2H3,(H,29,32). The van der Waals surface area contributed by atoms with Gasteiger partial charge in [0.1, 0.15) is 5.82 Å². The molecule has 4 aromatic rings. The van der Waals surface area contributed by atoms with Crippen molar-refractivity contribution >= 4 is 44.5 Å². The lowest BCUT2D eigenvalue weighted by Crippen LogP contribution is -2.29. The van der Waals surface area contributed by atoms with E-state index in [1.54, 1.807) is 35.5 Å². The Morgan fingerprint density at radius 1 is 1.14 bits per heavy atom. The summed E-state index contributed by atoms with van der Waals surface area (Å²) in [6, 6.07) is 10.4. The fourth-order valence-corrected chi connectivity index (χ4v) is 4.84. The third-order valence-electron chi connectivity index (χ3n) is 5.23. The molecule has 0 atom stereocenters. The van der Waals surface area contributed by atoms with Gasteiger partial charge in [-0.25, -0.2) is 13.1 Å². The van der Waals surface area contributed by atoms with Crippen LogP contribution in [0.4, 0.5) is 13.2 Å². The number of alkyl halides is 3. The van der Waals surface area contributed by atoms with Crippen molar-refractivity contribution in [1.29, 1.82) is 0 Å². The first-order chi connectivity index (χ1) is 16.4. The summed E-state index contributed by atoms with van der Waals surface area (Å²) in [6.45, 7) is 1.73. The molecule has 7 nitrogen and oxygen atoms in total. The number of nitrogens with zero attached hydrogens (tertiary/aromatic N) is 3. The van der Waals surface area contributed by atoms with Gasteiger partial charge in [-0.05, 0) is 55.5 Å². The van der Waals surface area contributed by atoms with Gasteiger partial charge in [0.15, 0.2) is 0 Å². The number of fused-ring (bicyclic) bond motifs is 1. The van der Waals surface area contributed by atoms with Crippen molar-refractivity contribution in [3.63, 3.8) is 0 Å². The van der Waals surface area contributed by atoms with Crippen LogP contribution >= 0.6 is 11.6 Å². The van der Waals surface area contributed by atoms with Crippen molar-refractivity contribution < 1.29 is 26.4 Å². The maximum atomic E-state index is 12.9. The van der Waals surface area contributed by atoms with E-state index in [9.17, 15) is 26.4 Å². The summed E-state index contributed by atoms with van der Waals surface area (Å²) in [5, 5.41) is 5.85. The molecule has 2 heterocycles. The number of carbonyl (C=O) groups is 1. The second-order valence-corrected chi connectivity index (χ2v) is 9.78. The Hall–Kier alpha value is -3.57. The molecular weight excluding hydrogens is 505 g/mol. The van der Waals surface area contributed by atoms with Crippen LogP contribution in [0.2, 0.25) is 5.02 Å². The zero-order valence-corrected chi connectivity index (χ0v) is 19.9. The number of amides is 1. The minimum atomic E-state index is -4.72. The van der Waals surface area contributed by atoms with Gasteiger partial charge in [0.05, 0.1) is 21.7 Å². The van der Waals surface area contributed by atoms with E-state index in [1.807, 2.05) is 22.9 Å². The highest BCUT2D eigenvalue weighted by Gasteiger charge is 2.31. The van der Waals surface area contributed by atoms with Crippen molar-refractivity contribution in [1.82, 2.24) is 19.1 Å². The summed E-state index contributed by atoms with van der Waals surface area (Å²) in [4.78, 5) is 11.7. The van der Waals surface area contributed by atoms with Crippen molar-refractivity contribution in [2.45, 2.75) is 18.0 Å². The van der Waals surface area contributed by atoms with Gasteiger partial charge >= 0.3 is 6.18 Å². The van der Waals surface area contributed by atoms with Crippen LogP contribution in [-0.2, 0) is 28.0 Å². The maximum absolute atomic E-state index is 12.9. The number of sulfonamides is 1. The molecule has 0 aliphatic heterocycles. The van der Waals surface area contributed by atoms with E-state index in [-0.39, 0.29) is 0 Å². The lowest BCUT2D eigenvalue weighted by atomic mass is 10.2. The van der Waals surface area contributed by atoms with Crippen LogP contribution in [0.5, 0.6) is 0 Å². The summed E-state index contributed by atoms with van der Waals surface area (Å²) in [6.07, 6.45) is -0.526. The topological polar surface area (TPSA) is 86.0 Å². The fourth-order valence-electron chi connectivity index (χ4n) is 3.67. The van der Waals surface area contributed by atoms with Crippen LogP contribution in [-0.4, -0.2) is 28.7 Å². The third-order valence-corrected chi connectivity index (χ3v) is 6.81. The Morgan fingerprint density at radius 2 is 1.89 bits per heavy atom. The highest BCUT2D eigenvalue weighted by molar-refractivity contribution is 7.90. The molecule has 0 aliphatic carbocycles. The summed E-state index contributed by atoms with van der Waals surface area (Å²) >= 11 is 6.07. The largest absolute Gasteiger partial charge is 0.416 e. The Bertz CT molecular complexity index is 1590. The number of carbonyl (C=O) groups excluding carboxylic acids is 1. The van der Waals surface area contributed by atoms with Crippen LogP contribution < -0.4 is 4.72 Å². The first-order valence-corrected chi connectivity index (χ1v) is 12.0. The first-order valence-electron chi connectivity index (χ1n) is 10.1. The van der Waals surface area contributed by atoms with Gasteiger partial charge in [-0.2, -0.15) is 18.3 Å². The van der Waals surface area contributed by atoms with Crippen molar-refractivity contribution in [2.24, 2.45) is 7.05 Å². The molecule has 4 rings (SSSR count). The molecule has 0 bridgehead atoms. The van der Waals surface area contributed by atoms with Gasteiger partial charge in [-0.1, -0.05) is 17.7 Å². The average Bonchev–Trinajstić information content (AvgIpc) is 3.30. The van der Waals surface area contributed by atoms with E-state index < -0.39 is 32.6 Å². The second kappa shape index (κ2) is 8.90. The molecule has 2 aromatic heterocycles. The lowest BCUT2D eigenvalue weighted by molar-refractivity contribution is -0.137. The van der Waals surface area contributed by atoms with Crippen LogP contribution in [0.3, 0.4) is 0 Å². The van der Waals surface area contributed by atoms with Crippen molar-refractivity contribution in [2.75, 3.05) is 0 Å². The van der Waals surface area contributed by atoms with E-state index in [0.717, 1.165) is 35.2 Å². The lowest BCUT2D eigenvalue weighted by Gasteiger charge is -2.10. The Balaban J connectivity index is 1.63. The average molecular weight is 523 g/mol. The SMILES string of the molecule is Cc1nn(C)c(-n2ccc3cc(Cl)ccc32)c1C=CC(=O)NS(=O)(=O)c1cccc(C(F)(F)F)c1. The molecule has 0 saturated carbocycles. The molecule has 12 heteroatoms. The zero-order valence-electron chi connectivity index (χ0n) is 18.3. The van der Waals surface area contributed by atoms with Crippen molar-refractivity contribution in [3.05, 3.63) is 82.6 Å². The summed E-state index contributed by atoms with van der Waals surface area (Å²) in [7, 11) is -2.81. The molecule has 0 saturated heterocycles. The molecule has 0 unspecified atom stereocenters. The van der Waals surface area contributed by atoms with Crippen LogP contribution in [0, 0.1) is 6.92 Å². The summed E-state index contributed by atoms with van der Waals surface area (Å²) in [5.74, 6) is -0.412. The fraction of sp³-hybridized carbons (Fsp3) is 0.130. The van der Waals surface area contributed by atoms with E-state index in [0.29, 0.717) is 28.2 Å². The molecule has 35 heavy (non-hydrogen) atoms. The monoisotopic (exact) mass is 522 g/mol. The number of aromatic nitrogens is 3. The van der Waals surface area contributed by atoms with Gasteiger partial charge in [0.25, 0.3) is 15.9 Å². The van der Waals surface area contributed by atoms with Crippen LogP contribution in [0.1, 0.15) is 16.8 Å². The first kappa shape index (κ1) is 24.6. The number of hydrogen-bond acceptors (Lipinski definition) is 4. The Morgan fingerprint density at radius 3 is 2.60 bits per heavy atom. The molecular formula is C23H18ClF3N4O3S. The van der Waals surface area contributed by atoms with Crippen LogP contribution in [0.25, 0.3) is 22.8 Å². The number of nitrogens with one attached hydrogen (secondary N) is 1. The maximum Gasteiger partial charge on any atom is 0.416 e. The number of rotatable bonds is 5. The predicted octanol–water partition coefficient (Wildman–Crippen LogP) is 4.86. The van der Waals surface area contributed by atoms with Crippen LogP contribution in [0.15, 0.2) is 65.7 Å². The second-order valence-electron chi connectivity index (χ2n) is 7.66. The number of aryl methyl sites for hydroxylation is 2. The van der Waals surface area contributed by atoms with E-state index in [1.165, 1.54) is 6.08 Å². The quantitative estimate of drug-likeness (QED) is 0.379. The predicted molar refractivity (Wildman–Crippen MR) is 126 cm³/mol. The smallest absolute Gasteiger partial charge is 0.301 e. The Labute approximate surface area is 203 Å². The molecule has 1 amide bonds. The van der Waals surface area contributed by atoms with Gasteiger partial charge < -0.3 is 4.57 Å². The molecule has 182 valence electrons. The summed E-state index contributed by atoms with van der Waals surface area (Å²) in [5.41, 5.74) is 0.817. The highest BCUT2D eigenvalue weighted by atomic mass is 35.5. The zero-order chi connectivity index (χ0) is 25.5. The van der Waals surface area contributed by atoms with E-state index >= 15 is 0 Å². The molecule has 0 radical (unpaired) electrons. The van der Waals surface area contributed by atoms with E-state index in [2.05, 4.69) is 5.10 Å². The van der Waals surface area contributed by atoms with E-state index in [4.69, 9.17) is 11.6 Å². The van der Waals surface area contributed by atoms with Gasteiger partial charge in [0, 0.05) is 35.3 Å². The normalized spacial score (nSPS) is 12.5. The van der Waals surface area contributed by atoms with Crippen molar-refractivity contribution in [3.8, 4) is 5.82 Å². The van der Waals surface area contributed by atoms with Gasteiger partial charge in [-0.3, -0.25) is 9.48 Å². The van der Waals surface area contributed by atoms with Gasteiger partial charge in [-0.15, -0.1) is 0 Å². The highest BCUT2D eigenvalue weighted by Crippen LogP contribution is 2.30. The molecule has 1 N–H and O–H groups in total. The minimum Gasteiger partial charge on any atom is -0.301 e. The minimum absolute atomic E-state index is 0.464. The molecule has 0 fully saturated rings. The third kappa shape index (κ3) is 4.96. The summed E-state index contributed by atoms with van der Waals surface area (Å²) < 4.78 is 68.9. The number of benzene rings is 2. The molecule has 0 spiro atoms.